The van der Waals surface area contributed by atoms with Crippen LogP contribution in [0.25, 0.3) is 0 Å². The maximum Gasteiger partial charge on any atom is 0.240 e. The number of benzene rings is 2. The minimum absolute atomic E-state index is 0.124. The normalized spacial score (nSPS) is 12.1. The molecule has 2 aromatic carbocycles. The number of rotatable bonds is 9. The van der Waals surface area contributed by atoms with Gasteiger partial charge in [0.05, 0.1) is 12.0 Å². The zero-order valence-corrected chi connectivity index (χ0v) is 17.7. The third kappa shape index (κ3) is 5.19. The van der Waals surface area contributed by atoms with Crippen molar-refractivity contribution in [2.45, 2.75) is 11.6 Å². The van der Waals surface area contributed by atoms with Gasteiger partial charge in [-0.25, -0.2) is 10.5 Å². The molecule has 1 aromatic heterocycles. The van der Waals surface area contributed by atoms with E-state index in [9.17, 15) is 9.90 Å². The van der Waals surface area contributed by atoms with Crippen molar-refractivity contribution in [2.75, 3.05) is 23.3 Å². The smallest absolute Gasteiger partial charge is 0.240 e. The number of aromatic hydroxyl groups is 1. The SMILES string of the molecule is C=CCc1cccc(/C=N\Nc2nc(SCC(=O)Nc3ccc4c(c3)OCO4)n[nH]2)c1O. The molecule has 1 amide bonds. The number of ether oxygens (including phenoxy) is 2. The highest BCUT2D eigenvalue weighted by molar-refractivity contribution is 7.99. The molecule has 0 unspecified atom stereocenters. The number of anilines is 2. The van der Waals surface area contributed by atoms with Crippen LogP contribution >= 0.6 is 11.8 Å². The molecule has 0 spiro atoms. The second-order valence-electron chi connectivity index (χ2n) is 6.59. The lowest BCUT2D eigenvalue weighted by molar-refractivity contribution is -0.113. The minimum Gasteiger partial charge on any atom is -0.507 e. The van der Waals surface area contributed by atoms with E-state index in [0.29, 0.717) is 40.3 Å². The van der Waals surface area contributed by atoms with Gasteiger partial charge in [0.2, 0.25) is 23.8 Å². The van der Waals surface area contributed by atoms with Crippen molar-refractivity contribution in [1.82, 2.24) is 15.2 Å². The fraction of sp³-hybridized carbons (Fsp3) is 0.143. The number of nitrogens with one attached hydrogen (secondary N) is 3. The van der Waals surface area contributed by atoms with Gasteiger partial charge in [-0.1, -0.05) is 30.0 Å². The maximum atomic E-state index is 12.2. The number of amides is 1. The van der Waals surface area contributed by atoms with Crippen molar-refractivity contribution < 1.29 is 19.4 Å². The first-order valence-electron chi connectivity index (χ1n) is 9.58. The van der Waals surface area contributed by atoms with Crippen LogP contribution in [0.4, 0.5) is 11.6 Å². The highest BCUT2D eigenvalue weighted by Crippen LogP contribution is 2.34. The molecule has 0 aliphatic carbocycles. The van der Waals surface area contributed by atoms with Crippen molar-refractivity contribution in [3.8, 4) is 17.2 Å². The Morgan fingerprint density at radius 2 is 2.19 bits per heavy atom. The summed E-state index contributed by atoms with van der Waals surface area (Å²) in [5, 5.41) is 24.2. The van der Waals surface area contributed by atoms with Gasteiger partial charge in [0.15, 0.2) is 11.5 Å². The first kappa shape index (κ1) is 21.2. The van der Waals surface area contributed by atoms with Gasteiger partial charge in [0.1, 0.15) is 5.75 Å². The van der Waals surface area contributed by atoms with E-state index in [4.69, 9.17) is 9.47 Å². The molecule has 0 atom stereocenters. The number of allylic oxidation sites excluding steroid dienone is 1. The van der Waals surface area contributed by atoms with Crippen LogP contribution in [-0.4, -0.2) is 45.0 Å². The fourth-order valence-electron chi connectivity index (χ4n) is 2.86. The molecule has 2 heterocycles. The molecule has 164 valence electrons. The van der Waals surface area contributed by atoms with E-state index in [0.717, 1.165) is 5.56 Å². The van der Waals surface area contributed by atoms with Gasteiger partial charge in [0, 0.05) is 17.3 Å². The van der Waals surface area contributed by atoms with E-state index in [-0.39, 0.29) is 24.2 Å². The first-order valence-corrected chi connectivity index (χ1v) is 10.6. The number of nitrogens with zero attached hydrogens (tertiary/aromatic N) is 3. The number of thioether (sulfide) groups is 1. The Hall–Kier alpha value is -3.99. The van der Waals surface area contributed by atoms with Crippen LogP contribution in [0.1, 0.15) is 11.1 Å². The number of carbonyl (C=O) groups is 1. The van der Waals surface area contributed by atoms with Gasteiger partial charge in [-0.2, -0.15) is 10.1 Å². The van der Waals surface area contributed by atoms with Crippen molar-refractivity contribution in [3.05, 3.63) is 60.2 Å². The van der Waals surface area contributed by atoms with Crippen molar-refractivity contribution in [1.29, 1.82) is 0 Å². The van der Waals surface area contributed by atoms with Gasteiger partial charge in [-0.05, 0) is 30.2 Å². The number of hydrazone groups is 1. The highest BCUT2D eigenvalue weighted by atomic mass is 32.2. The number of hydrogen-bond acceptors (Lipinski definition) is 9. The van der Waals surface area contributed by atoms with Crippen LogP contribution in [-0.2, 0) is 11.2 Å². The summed E-state index contributed by atoms with van der Waals surface area (Å²) in [5.74, 6) is 1.63. The second kappa shape index (κ2) is 9.88. The summed E-state index contributed by atoms with van der Waals surface area (Å²) in [7, 11) is 0. The molecule has 0 radical (unpaired) electrons. The zero-order valence-electron chi connectivity index (χ0n) is 16.9. The number of aromatic nitrogens is 3. The van der Waals surface area contributed by atoms with E-state index >= 15 is 0 Å². The van der Waals surface area contributed by atoms with Crippen LogP contribution in [0, 0.1) is 0 Å². The summed E-state index contributed by atoms with van der Waals surface area (Å²) in [6.45, 7) is 3.85. The van der Waals surface area contributed by atoms with E-state index in [1.807, 2.05) is 12.1 Å². The van der Waals surface area contributed by atoms with Crippen LogP contribution in [0.2, 0.25) is 0 Å². The predicted octanol–water partition coefficient (Wildman–Crippen LogP) is 3.14. The Bertz CT molecular complexity index is 1160. The van der Waals surface area contributed by atoms with E-state index in [1.165, 1.54) is 18.0 Å². The van der Waals surface area contributed by atoms with E-state index < -0.39 is 0 Å². The zero-order chi connectivity index (χ0) is 22.3. The fourth-order valence-corrected chi connectivity index (χ4v) is 3.46. The number of H-pyrrole nitrogens is 1. The molecule has 11 heteroatoms. The predicted molar refractivity (Wildman–Crippen MR) is 122 cm³/mol. The second-order valence-corrected chi connectivity index (χ2v) is 7.53. The maximum absolute atomic E-state index is 12.2. The van der Waals surface area contributed by atoms with E-state index in [2.05, 4.69) is 37.6 Å². The summed E-state index contributed by atoms with van der Waals surface area (Å²) >= 11 is 1.17. The van der Waals surface area contributed by atoms with Crippen LogP contribution < -0.4 is 20.2 Å². The molecular formula is C21H20N6O4S. The van der Waals surface area contributed by atoms with Crippen LogP contribution in [0.15, 0.2) is 59.3 Å². The summed E-state index contributed by atoms with van der Waals surface area (Å²) in [6.07, 6.45) is 3.76. The third-order valence-corrected chi connectivity index (χ3v) is 5.19. The number of phenols is 1. The molecule has 4 rings (SSSR count). The van der Waals surface area contributed by atoms with Gasteiger partial charge in [-0.15, -0.1) is 11.7 Å². The average molecular weight is 452 g/mol. The Kier molecular flexibility index (Phi) is 6.56. The monoisotopic (exact) mass is 452 g/mol. The molecule has 0 bridgehead atoms. The highest BCUT2D eigenvalue weighted by Gasteiger charge is 2.14. The van der Waals surface area contributed by atoms with Gasteiger partial charge >= 0.3 is 0 Å². The molecule has 1 aliphatic heterocycles. The summed E-state index contributed by atoms with van der Waals surface area (Å²) < 4.78 is 10.5. The molecule has 1 aliphatic rings. The van der Waals surface area contributed by atoms with Gasteiger partial charge in [0.25, 0.3) is 0 Å². The summed E-state index contributed by atoms with van der Waals surface area (Å²) in [5.41, 5.74) is 4.66. The number of aromatic amines is 1. The van der Waals surface area contributed by atoms with Crippen LogP contribution in [0.3, 0.4) is 0 Å². The Morgan fingerprint density at radius 3 is 3.06 bits per heavy atom. The summed E-state index contributed by atoms with van der Waals surface area (Å²) in [6, 6.07) is 10.6. The third-order valence-electron chi connectivity index (χ3n) is 4.34. The lowest BCUT2D eigenvalue weighted by atomic mass is 10.1. The lowest BCUT2D eigenvalue weighted by Gasteiger charge is -2.05. The molecule has 3 aromatic rings. The Morgan fingerprint density at radius 1 is 1.31 bits per heavy atom. The molecule has 4 N–H and O–H groups in total. The Labute approximate surface area is 187 Å². The molecule has 0 saturated heterocycles. The van der Waals surface area contributed by atoms with Crippen LogP contribution in [0.5, 0.6) is 17.2 Å². The van der Waals surface area contributed by atoms with Crippen molar-refractivity contribution in [3.63, 3.8) is 0 Å². The van der Waals surface area contributed by atoms with Gasteiger partial charge in [-0.3, -0.25) is 4.79 Å². The van der Waals surface area contributed by atoms with Crippen molar-refractivity contribution in [2.24, 2.45) is 5.10 Å². The summed E-state index contributed by atoms with van der Waals surface area (Å²) in [4.78, 5) is 16.4. The number of para-hydroxylation sites is 1. The minimum atomic E-state index is -0.207. The quantitative estimate of drug-likeness (QED) is 0.168. The standard InChI is InChI=1S/C21H20N6O4S/c1-2-4-13-5-3-6-14(19(13)29)10-22-25-20-24-21(27-26-20)32-11-18(28)23-15-7-8-16-17(9-15)31-12-30-16/h2-3,5-10,29H,1,4,11-12H2,(H,23,28)(H2,24,25,26,27)/b22-10-. The Balaban J connectivity index is 1.27. The first-order chi connectivity index (χ1) is 15.6. The number of carbonyl (C=O) groups excluding carboxylic acids is 1. The molecule has 0 saturated carbocycles. The van der Waals surface area contributed by atoms with E-state index in [1.54, 1.807) is 30.3 Å². The molecule has 10 nitrogen and oxygen atoms in total. The number of phenolic OH excluding ortho intramolecular Hbond substituents is 1. The van der Waals surface area contributed by atoms with Crippen molar-refractivity contribution >= 4 is 35.5 Å². The largest absolute Gasteiger partial charge is 0.507 e. The molecular weight excluding hydrogens is 432 g/mol. The molecule has 32 heavy (non-hydrogen) atoms. The number of fused-ring (bicyclic) bond motifs is 1. The average Bonchev–Trinajstić information content (AvgIpc) is 3.44. The molecule has 0 fully saturated rings. The lowest BCUT2D eigenvalue weighted by Crippen LogP contribution is -2.14. The topological polar surface area (TPSA) is 134 Å². The van der Waals surface area contributed by atoms with Gasteiger partial charge < -0.3 is 19.9 Å². The number of hydrogen-bond donors (Lipinski definition) is 4.